The molecule has 0 atom stereocenters. The molecule has 0 aliphatic rings. The first-order chi connectivity index (χ1) is 9.45. The number of aliphatic carboxylic acids is 1. The molecule has 1 amide bonds. The number of nitriles is 1. The molecular formula is C14H13FN2O3. The van der Waals surface area contributed by atoms with Crippen molar-refractivity contribution in [1.29, 1.82) is 5.26 Å². The number of rotatable bonds is 5. The molecule has 0 heterocycles. The van der Waals surface area contributed by atoms with Crippen molar-refractivity contribution < 1.29 is 19.1 Å². The zero-order valence-corrected chi connectivity index (χ0v) is 10.8. The highest BCUT2D eigenvalue weighted by Gasteiger charge is 2.13. The standard InChI is InChI=1S/C14H13FN2O3/c1-17(8-2-7-16)14(20)11-4-3-10(12(15)9-11)5-6-13(18)19/h3-6,9H,2,8H2,1H3,(H,18,19). The van der Waals surface area contributed by atoms with Crippen molar-refractivity contribution in [3.05, 3.63) is 41.2 Å². The molecule has 0 unspecified atom stereocenters. The van der Waals surface area contributed by atoms with Crippen LogP contribution in [0.2, 0.25) is 0 Å². The van der Waals surface area contributed by atoms with Gasteiger partial charge < -0.3 is 10.0 Å². The van der Waals surface area contributed by atoms with Gasteiger partial charge in [0.15, 0.2) is 0 Å². The normalized spacial score (nSPS) is 10.2. The Morgan fingerprint density at radius 2 is 2.20 bits per heavy atom. The number of halogens is 1. The van der Waals surface area contributed by atoms with E-state index < -0.39 is 17.7 Å². The first kappa shape index (κ1) is 15.4. The maximum Gasteiger partial charge on any atom is 0.328 e. The van der Waals surface area contributed by atoms with Crippen LogP contribution in [0.25, 0.3) is 6.08 Å². The van der Waals surface area contributed by atoms with E-state index in [1.807, 2.05) is 6.07 Å². The van der Waals surface area contributed by atoms with E-state index in [2.05, 4.69) is 0 Å². The third kappa shape index (κ3) is 4.21. The Morgan fingerprint density at radius 1 is 1.50 bits per heavy atom. The highest BCUT2D eigenvalue weighted by molar-refractivity contribution is 5.94. The summed E-state index contributed by atoms with van der Waals surface area (Å²) in [5, 5.41) is 16.9. The topological polar surface area (TPSA) is 81.4 Å². The Balaban J connectivity index is 2.89. The van der Waals surface area contributed by atoms with Crippen LogP contribution in [0, 0.1) is 17.1 Å². The molecular weight excluding hydrogens is 263 g/mol. The molecule has 1 N–H and O–H groups in total. The van der Waals surface area contributed by atoms with Crippen LogP contribution in [-0.4, -0.2) is 35.5 Å². The van der Waals surface area contributed by atoms with Crippen molar-refractivity contribution in [2.24, 2.45) is 0 Å². The van der Waals surface area contributed by atoms with Crippen molar-refractivity contribution in [1.82, 2.24) is 4.90 Å². The summed E-state index contributed by atoms with van der Waals surface area (Å²) in [5.74, 6) is -2.25. The summed E-state index contributed by atoms with van der Waals surface area (Å²) < 4.78 is 13.7. The third-order valence-electron chi connectivity index (χ3n) is 2.56. The molecule has 0 aromatic heterocycles. The minimum absolute atomic E-state index is 0.0867. The lowest BCUT2D eigenvalue weighted by Gasteiger charge is -2.15. The van der Waals surface area contributed by atoms with Gasteiger partial charge in [-0.25, -0.2) is 9.18 Å². The van der Waals surface area contributed by atoms with E-state index in [0.29, 0.717) is 0 Å². The molecule has 0 saturated carbocycles. The minimum atomic E-state index is -1.18. The average Bonchev–Trinajstić information content (AvgIpc) is 2.42. The summed E-state index contributed by atoms with van der Waals surface area (Å²) in [6, 6.07) is 5.71. The molecule has 1 rings (SSSR count). The summed E-state index contributed by atoms with van der Waals surface area (Å²) in [7, 11) is 1.52. The number of nitrogens with zero attached hydrogens (tertiary/aromatic N) is 2. The first-order valence-corrected chi connectivity index (χ1v) is 5.78. The maximum absolute atomic E-state index is 13.7. The van der Waals surface area contributed by atoms with Gasteiger partial charge in [-0.3, -0.25) is 4.79 Å². The molecule has 0 bridgehead atoms. The van der Waals surface area contributed by atoms with Crippen molar-refractivity contribution in [3.63, 3.8) is 0 Å². The van der Waals surface area contributed by atoms with Crippen molar-refractivity contribution >= 4 is 18.0 Å². The lowest BCUT2D eigenvalue weighted by molar-refractivity contribution is -0.131. The third-order valence-corrected chi connectivity index (χ3v) is 2.56. The van der Waals surface area contributed by atoms with Crippen molar-refractivity contribution in [2.45, 2.75) is 6.42 Å². The second-order valence-corrected chi connectivity index (χ2v) is 4.04. The molecule has 5 nitrogen and oxygen atoms in total. The smallest absolute Gasteiger partial charge is 0.328 e. The number of carbonyl (C=O) groups excluding carboxylic acids is 1. The predicted molar refractivity (Wildman–Crippen MR) is 70.3 cm³/mol. The SMILES string of the molecule is CN(CCC#N)C(=O)c1ccc(C=CC(=O)O)c(F)c1. The van der Waals surface area contributed by atoms with Crippen LogP contribution in [0.15, 0.2) is 24.3 Å². The van der Waals surface area contributed by atoms with Gasteiger partial charge in [0, 0.05) is 30.8 Å². The van der Waals surface area contributed by atoms with Gasteiger partial charge in [0.1, 0.15) is 5.82 Å². The fraction of sp³-hybridized carbons (Fsp3) is 0.214. The predicted octanol–water partition coefficient (Wildman–Crippen LogP) is 1.91. The van der Waals surface area contributed by atoms with E-state index >= 15 is 0 Å². The quantitative estimate of drug-likeness (QED) is 0.833. The Morgan fingerprint density at radius 3 is 2.75 bits per heavy atom. The number of benzene rings is 1. The van der Waals surface area contributed by atoms with Gasteiger partial charge in [-0.1, -0.05) is 6.07 Å². The lowest BCUT2D eigenvalue weighted by Crippen LogP contribution is -2.27. The Bertz CT molecular complexity index is 591. The van der Waals surface area contributed by atoms with E-state index in [0.717, 1.165) is 18.2 Å². The fourth-order valence-corrected chi connectivity index (χ4v) is 1.50. The lowest BCUT2D eigenvalue weighted by atomic mass is 10.1. The van der Waals surface area contributed by atoms with E-state index in [1.165, 1.54) is 24.1 Å². The molecule has 0 spiro atoms. The number of carboxylic acids is 1. The van der Waals surface area contributed by atoms with E-state index in [4.69, 9.17) is 10.4 Å². The molecule has 1 aromatic carbocycles. The number of amides is 1. The number of hydrogen-bond acceptors (Lipinski definition) is 3. The zero-order chi connectivity index (χ0) is 15.1. The van der Waals surface area contributed by atoms with Crippen LogP contribution in [0.3, 0.4) is 0 Å². The van der Waals surface area contributed by atoms with Crippen LogP contribution in [0.4, 0.5) is 4.39 Å². The maximum atomic E-state index is 13.7. The summed E-state index contributed by atoms with van der Waals surface area (Å²) in [4.78, 5) is 23.6. The monoisotopic (exact) mass is 276 g/mol. The summed E-state index contributed by atoms with van der Waals surface area (Å²) in [6.07, 6.45) is 2.13. The fourth-order valence-electron chi connectivity index (χ4n) is 1.50. The van der Waals surface area contributed by atoms with Gasteiger partial charge in [0.05, 0.1) is 12.5 Å². The Labute approximate surface area is 115 Å². The van der Waals surface area contributed by atoms with Crippen molar-refractivity contribution in [2.75, 3.05) is 13.6 Å². The number of carboxylic acid groups (broad SMARTS) is 1. The molecule has 0 fully saturated rings. The Kier molecular flexibility index (Phi) is 5.42. The molecule has 6 heteroatoms. The molecule has 0 saturated heterocycles. The first-order valence-electron chi connectivity index (χ1n) is 5.78. The van der Waals surface area contributed by atoms with Gasteiger partial charge in [-0.05, 0) is 18.2 Å². The van der Waals surface area contributed by atoms with Crippen LogP contribution in [0.1, 0.15) is 22.3 Å². The second-order valence-electron chi connectivity index (χ2n) is 4.04. The van der Waals surface area contributed by atoms with E-state index in [9.17, 15) is 14.0 Å². The minimum Gasteiger partial charge on any atom is -0.478 e. The summed E-state index contributed by atoms with van der Waals surface area (Å²) in [6.45, 7) is 0.262. The van der Waals surface area contributed by atoms with Crippen LogP contribution >= 0.6 is 0 Å². The van der Waals surface area contributed by atoms with Gasteiger partial charge in [0.2, 0.25) is 0 Å². The van der Waals surface area contributed by atoms with Crippen molar-refractivity contribution in [3.8, 4) is 6.07 Å². The molecule has 104 valence electrons. The molecule has 0 aliphatic carbocycles. The zero-order valence-electron chi connectivity index (χ0n) is 10.8. The largest absolute Gasteiger partial charge is 0.478 e. The second kappa shape index (κ2) is 7.04. The summed E-state index contributed by atoms with van der Waals surface area (Å²) >= 11 is 0. The van der Waals surface area contributed by atoms with Gasteiger partial charge in [-0.15, -0.1) is 0 Å². The number of carbonyl (C=O) groups is 2. The number of hydrogen-bond donors (Lipinski definition) is 1. The Hall–Kier alpha value is -2.68. The van der Waals surface area contributed by atoms with Crippen LogP contribution < -0.4 is 0 Å². The highest BCUT2D eigenvalue weighted by Crippen LogP contribution is 2.13. The van der Waals surface area contributed by atoms with Gasteiger partial charge in [0.25, 0.3) is 5.91 Å². The molecule has 20 heavy (non-hydrogen) atoms. The van der Waals surface area contributed by atoms with E-state index in [1.54, 1.807) is 0 Å². The average molecular weight is 276 g/mol. The van der Waals surface area contributed by atoms with Crippen LogP contribution in [0.5, 0.6) is 0 Å². The highest BCUT2D eigenvalue weighted by atomic mass is 19.1. The molecule has 0 radical (unpaired) electrons. The van der Waals surface area contributed by atoms with Gasteiger partial charge >= 0.3 is 5.97 Å². The van der Waals surface area contributed by atoms with Gasteiger partial charge in [-0.2, -0.15) is 5.26 Å². The molecule has 1 aromatic rings. The van der Waals surface area contributed by atoms with E-state index in [-0.39, 0.29) is 24.1 Å². The molecule has 0 aliphatic heterocycles. The van der Waals surface area contributed by atoms with Crippen LogP contribution in [-0.2, 0) is 4.79 Å². The summed E-state index contributed by atoms with van der Waals surface area (Å²) in [5.41, 5.74) is 0.235.